The molecule has 0 atom stereocenters. The maximum Gasteiger partial charge on any atom is 0.277 e. The van der Waals surface area contributed by atoms with Crippen molar-refractivity contribution in [1.29, 1.82) is 5.26 Å². The van der Waals surface area contributed by atoms with Crippen LogP contribution in [0.4, 0.5) is 11.6 Å². The van der Waals surface area contributed by atoms with Crippen LogP contribution in [0, 0.1) is 11.3 Å². The first-order valence-electron chi connectivity index (χ1n) is 9.39. The molecular weight excluding hydrogens is 404 g/mol. The number of hydrogen-bond donors (Lipinski definition) is 3. The fraction of sp³-hybridized carbons (Fsp3) is 0.350. The summed E-state index contributed by atoms with van der Waals surface area (Å²) in [5.74, 6) is 0.760. The van der Waals surface area contributed by atoms with Crippen molar-refractivity contribution in [1.82, 2.24) is 14.9 Å². The highest BCUT2D eigenvalue weighted by Gasteiger charge is 2.14. The Labute approximate surface area is 178 Å². The lowest BCUT2D eigenvalue weighted by atomic mass is 10.3. The second-order valence-corrected chi connectivity index (χ2v) is 6.89. The third-order valence-corrected chi connectivity index (χ3v) is 4.99. The smallest absolute Gasteiger partial charge is 0.277 e. The summed E-state index contributed by atoms with van der Waals surface area (Å²) in [4.78, 5) is 29.2. The van der Waals surface area contributed by atoms with Gasteiger partial charge in [-0.3, -0.25) is 14.2 Å². The molecule has 0 saturated carbocycles. The van der Waals surface area contributed by atoms with Crippen LogP contribution in [-0.4, -0.2) is 42.3 Å². The molecule has 0 spiro atoms. The molecule has 0 aliphatic rings. The third-order valence-electron chi connectivity index (χ3n) is 3.87. The van der Waals surface area contributed by atoms with Crippen molar-refractivity contribution in [2.24, 2.45) is 0 Å². The van der Waals surface area contributed by atoms with Crippen LogP contribution in [0.5, 0.6) is 0 Å². The zero-order chi connectivity index (χ0) is 21.9. The summed E-state index contributed by atoms with van der Waals surface area (Å²) >= 11 is 1.05. The summed E-state index contributed by atoms with van der Waals surface area (Å²) < 4.78 is 6.99. The van der Waals surface area contributed by atoms with Gasteiger partial charge in [0.15, 0.2) is 5.57 Å². The van der Waals surface area contributed by atoms with Crippen molar-refractivity contribution in [3.8, 4) is 6.07 Å². The first kappa shape index (κ1) is 22.9. The van der Waals surface area contributed by atoms with E-state index in [9.17, 15) is 14.9 Å². The minimum atomic E-state index is -0.501. The molecule has 0 aromatic carbocycles. The molecule has 2 aromatic rings. The zero-order valence-electron chi connectivity index (χ0n) is 17.1. The molecule has 0 aliphatic carbocycles. The number of nitrogens with zero attached hydrogens (tertiary/aromatic N) is 3. The minimum absolute atomic E-state index is 0.0849. The number of carbonyl (C=O) groups is 1. The molecular formula is C20H24N6O3S. The van der Waals surface area contributed by atoms with E-state index in [0.717, 1.165) is 11.3 Å². The van der Waals surface area contributed by atoms with Crippen molar-refractivity contribution in [2.75, 3.05) is 37.4 Å². The predicted molar refractivity (Wildman–Crippen MR) is 117 cm³/mol. The van der Waals surface area contributed by atoms with Gasteiger partial charge in [0.2, 0.25) is 0 Å². The molecule has 2 rings (SSSR count). The number of rotatable bonds is 9. The fourth-order valence-electron chi connectivity index (χ4n) is 2.49. The van der Waals surface area contributed by atoms with Crippen molar-refractivity contribution in [3.63, 3.8) is 0 Å². The number of pyridine rings is 1. The van der Waals surface area contributed by atoms with E-state index in [2.05, 4.69) is 26.7 Å². The number of ether oxygens (including phenoxy) is 1. The van der Waals surface area contributed by atoms with E-state index >= 15 is 0 Å². The van der Waals surface area contributed by atoms with Gasteiger partial charge in [-0.25, -0.2) is 4.98 Å². The Hall–Kier alpha value is -3.38. The number of anilines is 2. The average Bonchev–Trinajstić information content (AvgIpc) is 3.04. The van der Waals surface area contributed by atoms with E-state index in [4.69, 9.17) is 4.74 Å². The molecule has 0 saturated heterocycles. The minimum Gasteiger partial charge on any atom is -0.383 e. The Morgan fingerprint density at radius 2 is 2.13 bits per heavy atom. The van der Waals surface area contributed by atoms with Gasteiger partial charge in [-0.05, 0) is 26.0 Å². The summed E-state index contributed by atoms with van der Waals surface area (Å²) in [5, 5.41) is 18.1. The second kappa shape index (κ2) is 11.6. The molecule has 10 heteroatoms. The summed E-state index contributed by atoms with van der Waals surface area (Å²) in [5.41, 5.74) is 2.50. The lowest BCUT2D eigenvalue weighted by Gasteiger charge is -2.06. The highest BCUT2D eigenvalue weighted by atomic mass is 32.1. The largest absolute Gasteiger partial charge is 0.383 e. The van der Waals surface area contributed by atoms with Crippen LogP contribution in [0.15, 0.2) is 29.2 Å². The van der Waals surface area contributed by atoms with Gasteiger partial charge in [-0.1, -0.05) is 11.8 Å². The van der Waals surface area contributed by atoms with Crippen LogP contribution in [-0.2, 0) is 16.1 Å². The van der Waals surface area contributed by atoms with Gasteiger partial charge < -0.3 is 20.7 Å². The summed E-state index contributed by atoms with van der Waals surface area (Å²) in [6, 6.07) is 7.35. The summed E-state index contributed by atoms with van der Waals surface area (Å²) in [7, 11) is 1.63. The molecule has 0 fully saturated rings. The van der Waals surface area contributed by atoms with E-state index in [0.29, 0.717) is 42.5 Å². The zero-order valence-corrected chi connectivity index (χ0v) is 17.9. The number of nitriles is 1. The van der Waals surface area contributed by atoms with E-state index < -0.39 is 5.91 Å². The molecule has 0 unspecified atom stereocenters. The lowest BCUT2D eigenvalue weighted by Crippen LogP contribution is -2.34. The number of aromatic nitrogens is 2. The first-order valence-corrected chi connectivity index (χ1v) is 10.2. The number of thiazole rings is 1. The summed E-state index contributed by atoms with van der Waals surface area (Å²) in [6.07, 6.45) is 1.48. The maximum absolute atomic E-state index is 12.6. The van der Waals surface area contributed by atoms with Crippen LogP contribution >= 0.6 is 11.3 Å². The van der Waals surface area contributed by atoms with Crippen LogP contribution in [0.25, 0.3) is 11.3 Å². The van der Waals surface area contributed by atoms with Gasteiger partial charge in [-0.2, -0.15) is 5.26 Å². The SMILES string of the molecule is CCNC(=O)/C(C#N)=c1\sc(=C=CNc2cccc(NCCOC)n2)c(=O)n1CC. The highest BCUT2D eigenvalue weighted by molar-refractivity contribution is 7.07. The lowest BCUT2D eigenvalue weighted by molar-refractivity contribution is -0.115. The molecule has 0 bridgehead atoms. The van der Waals surface area contributed by atoms with Crippen LogP contribution in [0.1, 0.15) is 13.8 Å². The second-order valence-electron chi connectivity index (χ2n) is 5.89. The monoisotopic (exact) mass is 428 g/mol. The molecule has 1 amide bonds. The Kier molecular flexibility index (Phi) is 8.84. The van der Waals surface area contributed by atoms with Gasteiger partial charge in [0.25, 0.3) is 11.5 Å². The van der Waals surface area contributed by atoms with E-state index in [1.807, 2.05) is 18.2 Å². The fourth-order valence-corrected chi connectivity index (χ4v) is 3.56. The normalized spacial score (nSPS) is 11.1. The maximum atomic E-state index is 12.6. The molecule has 30 heavy (non-hydrogen) atoms. The van der Waals surface area contributed by atoms with Crippen molar-refractivity contribution >= 4 is 40.2 Å². The standard InChI is InChI=1S/C20H24N6O3S/c1-4-22-18(27)14(13-21)20-26(5-2)19(28)15(30-20)9-10-23-16-7-6-8-17(25-16)24-11-12-29-3/h6-8,10H,4-5,11-12H2,1-3H3,(H,22,27)(H2,23,24,25)/b20-14-. The van der Waals surface area contributed by atoms with Gasteiger partial charge >= 0.3 is 0 Å². The molecule has 0 aliphatic heterocycles. The molecule has 2 aromatic heterocycles. The van der Waals surface area contributed by atoms with Crippen LogP contribution in [0.2, 0.25) is 0 Å². The highest BCUT2D eigenvalue weighted by Crippen LogP contribution is 2.08. The van der Waals surface area contributed by atoms with Crippen molar-refractivity contribution in [2.45, 2.75) is 20.4 Å². The molecule has 2 heterocycles. The van der Waals surface area contributed by atoms with Gasteiger partial charge in [-0.15, -0.1) is 11.3 Å². The van der Waals surface area contributed by atoms with Gasteiger partial charge in [0.1, 0.15) is 26.9 Å². The Morgan fingerprint density at radius 1 is 1.37 bits per heavy atom. The number of methoxy groups -OCH3 is 1. The van der Waals surface area contributed by atoms with Crippen molar-refractivity contribution in [3.05, 3.63) is 43.9 Å². The van der Waals surface area contributed by atoms with Crippen molar-refractivity contribution < 1.29 is 9.53 Å². The Morgan fingerprint density at radius 3 is 2.80 bits per heavy atom. The predicted octanol–water partition coefficient (Wildman–Crippen LogP) is 0.199. The third kappa shape index (κ3) is 5.81. The number of amides is 1. The number of hydrogen-bond acceptors (Lipinski definition) is 8. The van der Waals surface area contributed by atoms with Crippen LogP contribution in [0.3, 0.4) is 0 Å². The molecule has 158 valence electrons. The van der Waals surface area contributed by atoms with Gasteiger partial charge in [0.05, 0.1) is 6.61 Å². The number of carbonyl (C=O) groups excluding carboxylic acids is 1. The van der Waals surface area contributed by atoms with Crippen LogP contribution < -0.4 is 30.7 Å². The first-order chi connectivity index (χ1) is 14.5. The quantitative estimate of drug-likeness (QED) is 0.488. The summed E-state index contributed by atoms with van der Waals surface area (Å²) in [6.45, 7) is 5.46. The molecule has 0 radical (unpaired) electrons. The Bertz CT molecular complexity index is 1140. The number of nitrogens with one attached hydrogen (secondary N) is 3. The van der Waals surface area contributed by atoms with E-state index in [1.54, 1.807) is 27.0 Å². The Balaban J connectivity index is 2.39. The average molecular weight is 429 g/mol. The van der Waals surface area contributed by atoms with E-state index in [-0.39, 0.29) is 15.7 Å². The molecule has 3 N–H and O–H groups in total. The molecule has 9 nitrogen and oxygen atoms in total. The van der Waals surface area contributed by atoms with E-state index in [1.165, 1.54) is 10.8 Å². The van der Waals surface area contributed by atoms with Gasteiger partial charge in [0, 0.05) is 32.9 Å². The topological polar surface area (TPSA) is 121 Å².